The lowest BCUT2D eigenvalue weighted by atomic mass is 10.1. The minimum Gasteiger partial charge on any atom is -0.486 e. The van der Waals surface area contributed by atoms with Gasteiger partial charge in [0.25, 0.3) is 0 Å². The molecule has 1 saturated heterocycles. The largest absolute Gasteiger partial charge is 0.486 e. The maximum atomic E-state index is 12.1. The zero-order chi connectivity index (χ0) is 13.2. The SMILES string of the molecule is Cc1cc2c(cc1NC(=O)C1CCCN1)OCCO2. The van der Waals surface area contributed by atoms with Gasteiger partial charge >= 0.3 is 0 Å². The molecule has 0 bridgehead atoms. The van der Waals surface area contributed by atoms with Gasteiger partial charge in [-0.15, -0.1) is 0 Å². The van der Waals surface area contributed by atoms with Gasteiger partial charge in [-0.05, 0) is 37.9 Å². The van der Waals surface area contributed by atoms with Crippen LogP contribution in [0, 0.1) is 6.92 Å². The smallest absolute Gasteiger partial charge is 0.241 e. The van der Waals surface area contributed by atoms with Crippen molar-refractivity contribution in [3.8, 4) is 11.5 Å². The quantitative estimate of drug-likeness (QED) is 0.847. The van der Waals surface area contributed by atoms with Crippen molar-refractivity contribution < 1.29 is 14.3 Å². The first-order valence-electron chi connectivity index (χ1n) is 6.68. The Morgan fingerprint density at radius 3 is 2.74 bits per heavy atom. The summed E-state index contributed by atoms with van der Waals surface area (Å²) in [5.41, 5.74) is 1.78. The fraction of sp³-hybridized carbons (Fsp3) is 0.500. The van der Waals surface area contributed by atoms with E-state index in [9.17, 15) is 4.79 Å². The van der Waals surface area contributed by atoms with Crippen molar-refractivity contribution in [1.29, 1.82) is 0 Å². The molecular weight excluding hydrogens is 244 g/mol. The Bertz CT molecular complexity index is 496. The van der Waals surface area contributed by atoms with E-state index in [1.807, 2.05) is 19.1 Å². The molecule has 5 nitrogen and oxygen atoms in total. The first kappa shape index (κ1) is 12.3. The fourth-order valence-electron chi connectivity index (χ4n) is 2.45. The lowest BCUT2D eigenvalue weighted by Crippen LogP contribution is -2.35. The Morgan fingerprint density at radius 1 is 1.32 bits per heavy atom. The molecule has 1 aromatic carbocycles. The van der Waals surface area contributed by atoms with E-state index in [1.165, 1.54) is 0 Å². The molecule has 1 unspecified atom stereocenters. The van der Waals surface area contributed by atoms with E-state index in [0.29, 0.717) is 19.0 Å². The molecule has 2 N–H and O–H groups in total. The molecule has 3 rings (SSSR count). The third kappa shape index (κ3) is 2.51. The molecule has 102 valence electrons. The summed E-state index contributed by atoms with van der Waals surface area (Å²) in [6.07, 6.45) is 1.95. The number of hydrogen-bond acceptors (Lipinski definition) is 4. The predicted molar refractivity (Wildman–Crippen MR) is 71.8 cm³/mol. The highest BCUT2D eigenvalue weighted by molar-refractivity contribution is 5.96. The average Bonchev–Trinajstić information content (AvgIpc) is 2.93. The van der Waals surface area contributed by atoms with Crippen LogP contribution in [-0.2, 0) is 4.79 Å². The lowest BCUT2D eigenvalue weighted by molar-refractivity contribution is -0.117. The molecular formula is C14H18N2O3. The van der Waals surface area contributed by atoms with Crippen molar-refractivity contribution in [2.24, 2.45) is 0 Å². The summed E-state index contributed by atoms with van der Waals surface area (Å²) >= 11 is 0. The van der Waals surface area contributed by atoms with Crippen LogP contribution in [0.5, 0.6) is 11.5 Å². The van der Waals surface area contributed by atoms with E-state index in [0.717, 1.165) is 36.4 Å². The van der Waals surface area contributed by atoms with Crippen molar-refractivity contribution in [2.45, 2.75) is 25.8 Å². The number of anilines is 1. The van der Waals surface area contributed by atoms with E-state index < -0.39 is 0 Å². The minimum atomic E-state index is -0.0763. The van der Waals surface area contributed by atoms with Crippen LogP contribution in [0.25, 0.3) is 0 Å². The monoisotopic (exact) mass is 262 g/mol. The summed E-state index contributed by atoms with van der Waals surface area (Å²) < 4.78 is 11.0. The predicted octanol–water partition coefficient (Wildman–Crippen LogP) is 1.46. The second-order valence-electron chi connectivity index (χ2n) is 4.95. The van der Waals surface area contributed by atoms with Crippen molar-refractivity contribution in [1.82, 2.24) is 5.32 Å². The number of amides is 1. The molecule has 2 aliphatic heterocycles. The summed E-state index contributed by atoms with van der Waals surface area (Å²) in [4.78, 5) is 12.1. The molecule has 1 amide bonds. The van der Waals surface area contributed by atoms with Gasteiger partial charge in [0, 0.05) is 11.8 Å². The van der Waals surface area contributed by atoms with Gasteiger partial charge in [0.15, 0.2) is 11.5 Å². The molecule has 19 heavy (non-hydrogen) atoms. The number of fused-ring (bicyclic) bond motifs is 1. The molecule has 0 spiro atoms. The summed E-state index contributed by atoms with van der Waals surface area (Å²) in [6.45, 7) is 3.99. The van der Waals surface area contributed by atoms with E-state index >= 15 is 0 Å². The van der Waals surface area contributed by atoms with Gasteiger partial charge in [-0.25, -0.2) is 0 Å². The van der Waals surface area contributed by atoms with E-state index in [-0.39, 0.29) is 11.9 Å². The molecule has 2 aliphatic rings. The van der Waals surface area contributed by atoms with Gasteiger partial charge in [0.05, 0.1) is 6.04 Å². The number of carbonyl (C=O) groups excluding carboxylic acids is 1. The van der Waals surface area contributed by atoms with Crippen LogP contribution < -0.4 is 20.1 Å². The maximum absolute atomic E-state index is 12.1. The van der Waals surface area contributed by atoms with Gasteiger partial charge in [-0.2, -0.15) is 0 Å². The zero-order valence-corrected chi connectivity index (χ0v) is 11.0. The molecule has 5 heteroatoms. The Balaban J connectivity index is 1.78. The molecule has 0 aromatic heterocycles. The summed E-state index contributed by atoms with van der Waals surface area (Å²) in [7, 11) is 0. The van der Waals surface area contributed by atoms with E-state index in [1.54, 1.807) is 0 Å². The zero-order valence-electron chi connectivity index (χ0n) is 11.0. The van der Waals surface area contributed by atoms with Gasteiger partial charge in [-0.3, -0.25) is 4.79 Å². The highest BCUT2D eigenvalue weighted by atomic mass is 16.6. The Labute approximate surface area is 112 Å². The second kappa shape index (κ2) is 5.09. The third-order valence-electron chi connectivity index (χ3n) is 3.52. The molecule has 0 radical (unpaired) electrons. The lowest BCUT2D eigenvalue weighted by Gasteiger charge is -2.21. The first-order valence-corrected chi connectivity index (χ1v) is 6.68. The van der Waals surface area contributed by atoms with Crippen molar-refractivity contribution >= 4 is 11.6 Å². The fourth-order valence-corrected chi connectivity index (χ4v) is 2.45. The van der Waals surface area contributed by atoms with Crippen LogP contribution in [0.15, 0.2) is 12.1 Å². The number of hydrogen-bond donors (Lipinski definition) is 2. The van der Waals surface area contributed by atoms with Crippen molar-refractivity contribution in [3.05, 3.63) is 17.7 Å². The average molecular weight is 262 g/mol. The van der Waals surface area contributed by atoms with Gasteiger partial charge in [-0.1, -0.05) is 0 Å². The molecule has 0 aliphatic carbocycles. The maximum Gasteiger partial charge on any atom is 0.241 e. The highest BCUT2D eigenvalue weighted by Crippen LogP contribution is 2.35. The molecule has 0 saturated carbocycles. The number of aryl methyl sites for hydroxylation is 1. The summed E-state index contributed by atoms with van der Waals surface area (Å²) in [5.74, 6) is 1.48. The molecule has 2 heterocycles. The first-order chi connectivity index (χ1) is 9.24. The highest BCUT2D eigenvalue weighted by Gasteiger charge is 2.23. The van der Waals surface area contributed by atoms with Crippen LogP contribution in [-0.4, -0.2) is 31.7 Å². The van der Waals surface area contributed by atoms with Gasteiger partial charge in [0.1, 0.15) is 13.2 Å². The number of ether oxygens (including phenoxy) is 2. The molecule has 1 atom stereocenters. The van der Waals surface area contributed by atoms with Gasteiger partial charge < -0.3 is 20.1 Å². The Morgan fingerprint density at radius 2 is 2.05 bits per heavy atom. The Hall–Kier alpha value is -1.75. The number of carbonyl (C=O) groups is 1. The summed E-state index contributed by atoms with van der Waals surface area (Å²) in [5, 5.41) is 6.16. The van der Waals surface area contributed by atoms with Gasteiger partial charge in [0.2, 0.25) is 5.91 Å². The van der Waals surface area contributed by atoms with E-state index in [4.69, 9.17) is 9.47 Å². The minimum absolute atomic E-state index is 0.0253. The number of nitrogens with one attached hydrogen (secondary N) is 2. The van der Waals surface area contributed by atoms with Crippen LogP contribution >= 0.6 is 0 Å². The second-order valence-corrected chi connectivity index (χ2v) is 4.95. The number of benzene rings is 1. The normalized spacial score (nSPS) is 21.2. The van der Waals surface area contributed by atoms with Crippen LogP contribution in [0.4, 0.5) is 5.69 Å². The number of rotatable bonds is 2. The van der Waals surface area contributed by atoms with Crippen molar-refractivity contribution in [3.63, 3.8) is 0 Å². The molecule has 1 fully saturated rings. The van der Waals surface area contributed by atoms with Crippen LogP contribution in [0.3, 0.4) is 0 Å². The third-order valence-corrected chi connectivity index (χ3v) is 3.52. The summed E-state index contributed by atoms with van der Waals surface area (Å²) in [6, 6.07) is 3.68. The van der Waals surface area contributed by atoms with E-state index in [2.05, 4.69) is 10.6 Å². The molecule has 1 aromatic rings. The van der Waals surface area contributed by atoms with Crippen LogP contribution in [0.2, 0.25) is 0 Å². The van der Waals surface area contributed by atoms with Crippen molar-refractivity contribution in [2.75, 3.05) is 25.1 Å². The van der Waals surface area contributed by atoms with Crippen LogP contribution in [0.1, 0.15) is 18.4 Å². The Kier molecular flexibility index (Phi) is 3.29. The standard InChI is InChI=1S/C14H18N2O3/c1-9-7-12-13(19-6-5-18-12)8-11(9)16-14(17)10-3-2-4-15-10/h7-8,10,15H,2-6H2,1H3,(H,16,17). The topological polar surface area (TPSA) is 59.6 Å².